The molecule has 2 aromatic rings. The van der Waals surface area contributed by atoms with Crippen LogP contribution in [0.4, 0.5) is 0 Å². The van der Waals surface area contributed by atoms with Gasteiger partial charge in [-0.15, -0.1) is 0 Å². The smallest absolute Gasteiger partial charge is 0.229 e. The molecule has 1 aromatic carbocycles. The Bertz CT molecular complexity index is 553. The Hall–Kier alpha value is -1.20. The van der Waals surface area contributed by atoms with Crippen molar-refractivity contribution in [1.29, 1.82) is 0 Å². The second kappa shape index (κ2) is 6.30. The zero-order valence-electron chi connectivity index (χ0n) is 11.2. The molecular formula is C14H18BrN3O. The van der Waals surface area contributed by atoms with Crippen molar-refractivity contribution in [3.63, 3.8) is 0 Å². The maximum absolute atomic E-state index is 5.51. The lowest BCUT2D eigenvalue weighted by Crippen LogP contribution is -2.02. The third-order valence-corrected chi connectivity index (χ3v) is 3.63. The minimum atomic E-state index is 0.251. The molecule has 0 aliphatic carbocycles. The van der Waals surface area contributed by atoms with Gasteiger partial charge < -0.3 is 10.3 Å². The molecule has 1 aromatic heterocycles. The third-order valence-electron chi connectivity index (χ3n) is 3.13. The molecule has 0 bridgehead atoms. The van der Waals surface area contributed by atoms with Gasteiger partial charge in [-0.1, -0.05) is 28.0 Å². The molecular weight excluding hydrogens is 306 g/mol. The molecule has 1 unspecified atom stereocenters. The van der Waals surface area contributed by atoms with Gasteiger partial charge in [0.1, 0.15) is 0 Å². The van der Waals surface area contributed by atoms with E-state index in [0.29, 0.717) is 18.3 Å². The van der Waals surface area contributed by atoms with E-state index in [0.717, 1.165) is 28.4 Å². The summed E-state index contributed by atoms with van der Waals surface area (Å²) in [6.45, 7) is 4.81. The predicted molar refractivity (Wildman–Crippen MR) is 78.9 cm³/mol. The highest BCUT2D eigenvalue weighted by molar-refractivity contribution is 9.10. The first-order valence-electron chi connectivity index (χ1n) is 6.42. The van der Waals surface area contributed by atoms with Crippen LogP contribution in [0.5, 0.6) is 0 Å². The van der Waals surface area contributed by atoms with E-state index in [-0.39, 0.29) is 5.92 Å². The van der Waals surface area contributed by atoms with E-state index in [1.54, 1.807) is 0 Å². The fourth-order valence-corrected chi connectivity index (χ4v) is 2.45. The van der Waals surface area contributed by atoms with Crippen LogP contribution in [0.3, 0.4) is 0 Å². The summed E-state index contributed by atoms with van der Waals surface area (Å²) in [5.74, 6) is 1.59. The molecule has 19 heavy (non-hydrogen) atoms. The van der Waals surface area contributed by atoms with E-state index in [4.69, 9.17) is 10.3 Å². The van der Waals surface area contributed by atoms with Gasteiger partial charge in [-0.2, -0.15) is 4.98 Å². The standard InChI is InChI=1S/C14H18BrN3O/c1-9(4-3-7-16)14-17-13(18-19-14)12-6-5-11(15)8-10(12)2/h5-6,8-9H,3-4,7,16H2,1-2H3. The summed E-state index contributed by atoms with van der Waals surface area (Å²) in [7, 11) is 0. The molecule has 2 rings (SSSR count). The first-order chi connectivity index (χ1) is 9.11. The number of aryl methyl sites for hydroxylation is 1. The first kappa shape index (κ1) is 14.2. The highest BCUT2D eigenvalue weighted by Crippen LogP contribution is 2.26. The SMILES string of the molecule is Cc1cc(Br)ccc1-c1noc(C(C)CCCN)n1. The highest BCUT2D eigenvalue weighted by atomic mass is 79.9. The number of halogens is 1. The molecule has 102 valence electrons. The summed E-state index contributed by atoms with van der Waals surface area (Å²) in [5, 5.41) is 4.07. The van der Waals surface area contributed by atoms with Crippen molar-refractivity contribution in [2.24, 2.45) is 5.73 Å². The molecule has 0 fully saturated rings. The molecule has 4 nitrogen and oxygen atoms in total. The molecule has 1 heterocycles. The lowest BCUT2D eigenvalue weighted by Gasteiger charge is -2.04. The van der Waals surface area contributed by atoms with E-state index in [1.807, 2.05) is 25.1 Å². The minimum absolute atomic E-state index is 0.251. The lowest BCUT2D eigenvalue weighted by atomic mass is 10.1. The predicted octanol–water partition coefficient (Wildman–Crippen LogP) is 3.65. The van der Waals surface area contributed by atoms with Crippen LogP contribution in [0.25, 0.3) is 11.4 Å². The molecule has 0 aliphatic heterocycles. The summed E-state index contributed by atoms with van der Waals surface area (Å²) >= 11 is 3.45. The summed E-state index contributed by atoms with van der Waals surface area (Å²) in [4.78, 5) is 4.49. The number of benzene rings is 1. The monoisotopic (exact) mass is 323 g/mol. The normalized spacial score (nSPS) is 12.6. The fourth-order valence-electron chi connectivity index (χ4n) is 1.97. The van der Waals surface area contributed by atoms with Crippen LogP contribution < -0.4 is 5.73 Å². The summed E-state index contributed by atoms with van der Waals surface area (Å²) < 4.78 is 6.40. The topological polar surface area (TPSA) is 64.9 Å². The molecule has 0 radical (unpaired) electrons. The summed E-state index contributed by atoms with van der Waals surface area (Å²) in [6.07, 6.45) is 1.94. The second-order valence-corrected chi connectivity index (χ2v) is 5.66. The maximum Gasteiger partial charge on any atom is 0.229 e. The lowest BCUT2D eigenvalue weighted by molar-refractivity contribution is 0.352. The van der Waals surface area contributed by atoms with E-state index in [2.05, 4.69) is 33.0 Å². The zero-order chi connectivity index (χ0) is 13.8. The molecule has 0 aliphatic rings. The Morgan fingerprint density at radius 1 is 1.42 bits per heavy atom. The van der Waals surface area contributed by atoms with Gasteiger partial charge >= 0.3 is 0 Å². The van der Waals surface area contributed by atoms with Gasteiger partial charge in [-0.3, -0.25) is 0 Å². The molecule has 0 saturated carbocycles. The van der Waals surface area contributed by atoms with Crippen LogP contribution in [0.1, 0.15) is 37.1 Å². The quantitative estimate of drug-likeness (QED) is 0.912. The van der Waals surface area contributed by atoms with Crippen LogP contribution in [-0.2, 0) is 0 Å². The van der Waals surface area contributed by atoms with E-state index < -0.39 is 0 Å². The second-order valence-electron chi connectivity index (χ2n) is 4.75. The maximum atomic E-state index is 5.51. The van der Waals surface area contributed by atoms with E-state index in [1.165, 1.54) is 0 Å². The van der Waals surface area contributed by atoms with Gasteiger partial charge in [-0.25, -0.2) is 0 Å². The van der Waals surface area contributed by atoms with Gasteiger partial charge in [0, 0.05) is 16.0 Å². The number of nitrogens with two attached hydrogens (primary N) is 1. The molecule has 5 heteroatoms. The average molecular weight is 324 g/mol. The van der Waals surface area contributed by atoms with Gasteiger partial charge in [0.2, 0.25) is 11.7 Å². The number of nitrogens with zero attached hydrogens (tertiary/aromatic N) is 2. The molecule has 0 saturated heterocycles. The Morgan fingerprint density at radius 3 is 2.89 bits per heavy atom. The van der Waals surface area contributed by atoms with Crippen LogP contribution in [0.15, 0.2) is 27.2 Å². The molecule has 0 spiro atoms. The molecule has 2 N–H and O–H groups in total. The van der Waals surface area contributed by atoms with Crippen LogP contribution >= 0.6 is 15.9 Å². The largest absolute Gasteiger partial charge is 0.339 e. The third kappa shape index (κ3) is 3.42. The van der Waals surface area contributed by atoms with Crippen LogP contribution in [0, 0.1) is 6.92 Å². The van der Waals surface area contributed by atoms with Crippen molar-refractivity contribution in [2.45, 2.75) is 32.6 Å². The fraction of sp³-hybridized carbons (Fsp3) is 0.429. The van der Waals surface area contributed by atoms with Crippen molar-refractivity contribution in [1.82, 2.24) is 10.1 Å². The van der Waals surface area contributed by atoms with Gasteiger partial charge in [-0.05, 0) is 50.1 Å². The van der Waals surface area contributed by atoms with Crippen molar-refractivity contribution in [2.75, 3.05) is 6.54 Å². The van der Waals surface area contributed by atoms with Gasteiger partial charge in [0.15, 0.2) is 0 Å². The van der Waals surface area contributed by atoms with E-state index >= 15 is 0 Å². The van der Waals surface area contributed by atoms with Gasteiger partial charge in [0.25, 0.3) is 0 Å². The number of hydrogen-bond acceptors (Lipinski definition) is 4. The van der Waals surface area contributed by atoms with Crippen LogP contribution in [0.2, 0.25) is 0 Å². The first-order valence-corrected chi connectivity index (χ1v) is 7.21. The summed E-state index contributed by atoms with van der Waals surface area (Å²) in [5.41, 5.74) is 7.64. The Labute approximate surface area is 121 Å². The number of hydrogen-bond donors (Lipinski definition) is 1. The van der Waals surface area contributed by atoms with Crippen molar-refractivity contribution < 1.29 is 4.52 Å². The molecule has 1 atom stereocenters. The van der Waals surface area contributed by atoms with Crippen molar-refractivity contribution in [3.05, 3.63) is 34.1 Å². The zero-order valence-corrected chi connectivity index (χ0v) is 12.8. The Kier molecular flexibility index (Phi) is 4.71. The van der Waals surface area contributed by atoms with Gasteiger partial charge in [0.05, 0.1) is 0 Å². The van der Waals surface area contributed by atoms with Crippen LogP contribution in [-0.4, -0.2) is 16.7 Å². The Morgan fingerprint density at radius 2 is 2.21 bits per heavy atom. The number of rotatable bonds is 5. The van der Waals surface area contributed by atoms with Crippen molar-refractivity contribution in [3.8, 4) is 11.4 Å². The minimum Gasteiger partial charge on any atom is -0.339 e. The number of aromatic nitrogens is 2. The Balaban J connectivity index is 2.20. The summed E-state index contributed by atoms with van der Waals surface area (Å²) in [6, 6.07) is 6.03. The van der Waals surface area contributed by atoms with E-state index in [9.17, 15) is 0 Å². The molecule has 0 amide bonds. The average Bonchev–Trinajstić information content (AvgIpc) is 2.85. The van der Waals surface area contributed by atoms with Crippen molar-refractivity contribution >= 4 is 15.9 Å². The highest BCUT2D eigenvalue weighted by Gasteiger charge is 2.15.